The molecule has 1 unspecified atom stereocenters. The predicted octanol–water partition coefficient (Wildman–Crippen LogP) is 0.358. The minimum absolute atomic E-state index is 0. The van der Waals surface area contributed by atoms with Crippen LogP contribution in [-0.4, -0.2) is 68.2 Å². The van der Waals surface area contributed by atoms with Crippen LogP contribution in [0.3, 0.4) is 0 Å². The topological polar surface area (TPSA) is 58.8 Å². The Hall–Kier alpha value is -0.0700. The number of methoxy groups -OCH3 is 1. The number of carbonyl (C=O) groups is 1. The van der Waals surface area contributed by atoms with Crippen molar-refractivity contribution in [2.24, 2.45) is 5.73 Å². The van der Waals surface area contributed by atoms with Gasteiger partial charge in [-0.3, -0.25) is 9.69 Å². The molecule has 5 nitrogen and oxygen atoms in total. The van der Waals surface area contributed by atoms with Crippen molar-refractivity contribution < 1.29 is 9.53 Å². The van der Waals surface area contributed by atoms with Crippen LogP contribution < -0.4 is 5.73 Å². The average Bonchev–Trinajstić information content (AvgIpc) is 2.35. The third-order valence-electron chi connectivity index (χ3n) is 3.19. The van der Waals surface area contributed by atoms with Crippen molar-refractivity contribution in [3.05, 3.63) is 0 Å². The summed E-state index contributed by atoms with van der Waals surface area (Å²) in [5, 5.41) is 0. The lowest BCUT2D eigenvalue weighted by atomic mass is 10.1. The van der Waals surface area contributed by atoms with Crippen molar-refractivity contribution in [2.45, 2.75) is 19.4 Å². The Balaban J connectivity index is 0. The molecule has 0 aliphatic carbocycles. The van der Waals surface area contributed by atoms with E-state index in [1.165, 1.54) is 0 Å². The summed E-state index contributed by atoms with van der Waals surface area (Å²) in [5.74, 6) is 0.0600. The Kier molecular flexibility index (Phi) is 12.2. The zero-order valence-corrected chi connectivity index (χ0v) is 12.8. The summed E-state index contributed by atoms with van der Waals surface area (Å²) >= 11 is 0. The van der Waals surface area contributed by atoms with E-state index in [0.29, 0.717) is 6.04 Å². The number of ether oxygens (including phenoxy) is 1. The molecule has 0 aromatic carbocycles. The molecule has 1 fully saturated rings. The second-order valence-electron chi connectivity index (χ2n) is 4.13. The smallest absolute Gasteiger partial charge is 0.236 e. The summed E-state index contributed by atoms with van der Waals surface area (Å²) in [6, 6.07) is 0.444. The summed E-state index contributed by atoms with van der Waals surface area (Å²) in [5.41, 5.74) is 5.38. The number of hydrogen-bond donors (Lipinski definition) is 1. The molecule has 1 amide bonds. The molecule has 1 atom stereocenters. The fourth-order valence-corrected chi connectivity index (χ4v) is 2.14. The van der Waals surface area contributed by atoms with Gasteiger partial charge in [-0.15, -0.1) is 24.8 Å². The Labute approximate surface area is 122 Å². The number of amides is 1. The van der Waals surface area contributed by atoms with E-state index in [9.17, 15) is 4.79 Å². The van der Waals surface area contributed by atoms with Crippen molar-refractivity contribution in [2.75, 3.05) is 46.4 Å². The normalized spacial score (nSPS) is 19.9. The molecule has 0 saturated carbocycles. The first-order valence-corrected chi connectivity index (χ1v) is 5.93. The molecule has 1 aliphatic rings. The molecule has 7 heteroatoms. The van der Waals surface area contributed by atoms with E-state index in [4.69, 9.17) is 10.5 Å². The minimum atomic E-state index is 0. The van der Waals surface area contributed by atoms with Crippen LogP contribution in [0.4, 0.5) is 0 Å². The van der Waals surface area contributed by atoms with Gasteiger partial charge in [0.25, 0.3) is 0 Å². The average molecular weight is 302 g/mol. The number of hydrogen-bond acceptors (Lipinski definition) is 4. The quantitative estimate of drug-likeness (QED) is 0.796. The van der Waals surface area contributed by atoms with Crippen LogP contribution in [0.1, 0.15) is 13.3 Å². The molecule has 18 heavy (non-hydrogen) atoms. The van der Waals surface area contributed by atoms with Crippen LogP contribution in [-0.2, 0) is 9.53 Å². The monoisotopic (exact) mass is 301 g/mol. The maximum absolute atomic E-state index is 11.5. The van der Waals surface area contributed by atoms with E-state index in [1.54, 1.807) is 7.11 Å². The summed E-state index contributed by atoms with van der Waals surface area (Å²) in [6.07, 6.45) is 1.05. The van der Waals surface area contributed by atoms with Crippen LogP contribution in [0, 0.1) is 0 Å². The second-order valence-corrected chi connectivity index (χ2v) is 4.13. The number of halogens is 2. The number of piperazine rings is 1. The molecular formula is C11H25Cl2N3O2. The molecule has 1 saturated heterocycles. The van der Waals surface area contributed by atoms with Crippen molar-refractivity contribution >= 4 is 30.7 Å². The minimum Gasteiger partial charge on any atom is -0.383 e. The number of rotatable bonds is 5. The van der Waals surface area contributed by atoms with E-state index < -0.39 is 0 Å². The van der Waals surface area contributed by atoms with Gasteiger partial charge >= 0.3 is 0 Å². The van der Waals surface area contributed by atoms with Crippen LogP contribution in [0.25, 0.3) is 0 Å². The molecule has 110 valence electrons. The van der Waals surface area contributed by atoms with Gasteiger partial charge in [-0.05, 0) is 6.42 Å². The number of carbonyl (C=O) groups excluding carboxylic acids is 1. The van der Waals surface area contributed by atoms with Crippen LogP contribution in [0.2, 0.25) is 0 Å². The second kappa shape index (κ2) is 10.8. The van der Waals surface area contributed by atoms with E-state index in [0.717, 1.165) is 39.2 Å². The van der Waals surface area contributed by atoms with Crippen LogP contribution >= 0.6 is 24.8 Å². The van der Waals surface area contributed by atoms with Gasteiger partial charge in [0.1, 0.15) is 0 Å². The standard InChI is InChI=1S/C11H23N3O2.2ClH/c1-3-10-9-14(11(15)8-12)5-4-13(10)6-7-16-2;;/h10H,3-9,12H2,1-2H3;2*1H. The SMILES string of the molecule is CCC1CN(C(=O)CN)CCN1CCOC.Cl.Cl. The third kappa shape index (κ3) is 5.71. The molecule has 0 aromatic rings. The lowest BCUT2D eigenvalue weighted by Gasteiger charge is -2.41. The summed E-state index contributed by atoms with van der Waals surface area (Å²) < 4.78 is 5.09. The van der Waals surface area contributed by atoms with Gasteiger partial charge in [-0.25, -0.2) is 0 Å². The highest BCUT2D eigenvalue weighted by Gasteiger charge is 2.27. The fourth-order valence-electron chi connectivity index (χ4n) is 2.14. The molecular weight excluding hydrogens is 277 g/mol. The number of nitrogens with two attached hydrogens (primary N) is 1. The highest BCUT2D eigenvalue weighted by Crippen LogP contribution is 2.12. The van der Waals surface area contributed by atoms with E-state index in [-0.39, 0.29) is 37.3 Å². The fraction of sp³-hybridized carbons (Fsp3) is 0.909. The predicted molar refractivity (Wildman–Crippen MR) is 77.7 cm³/mol. The molecule has 0 spiro atoms. The Bertz CT molecular complexity index is 232. The summed E-state index contributed by atoms with van der Waals surface area (Å²) in [6.45, 7) is 6.48. The largest absolute Gasteiger partial charge is 0.383 e. The highest BCUT2D eigenvalue weighted by atomic mass is 35.5. The van der Waals surface area contributed by atoms with Gasteiger partial charge in [0, 0.05) is 39.3 Å². The van der Waals surface area contributed by atoms with E-state index >= 15 is 0 Å². The van der Waals surface area contributed by atoms with Crippen molar-refractivity contribution in [3.8, 4) is 0 Å². The molecule has 0 aromatic heterocycles. The van der Waals surface area contributed by atoms with E-state index in [1.807, 2.05) is 4.90 Å². The zero-order valence-electron chi connectivity index (χ0n) is 11.1. The molecule has 1 rings (SSSR count). The maximum atomic E-state index is 11.5. The van der Waals surface area contributed by atoms with Crippen LogP contribution in [0.15, 0.2) is 0 Å². The molecule has 0 radical (unpaired) electrons. The van der Waals surface area contributed by atoms with Gasteiger partial charge in [0.15, 0.2) is 0 Å². The number of nitrogens with zero attached hydrogens (tertiary/aromatic N) is 2. The first-order valence-electron chi connectivity index (χ1n) is 5.93. The van der Waals surface area contributed by atoms with E-state index in [2.05, 4.69) is 11.8 Å². The van der Waals surface area contributed by atoms with Gasteiger partial charge in [0.05, 0.1) is 13.2 Å². The highest BCUT2D eigenvalue weighted by molar-refractivity contribution is 5.85. The van der Waals surface area contributed by atoms with Crippen LogP contribution in [0.5, 0.6) is 0 Å². The summed E-state index contributed by atoms with van der Waals surface area (Å²) in [7, 11) is 1.72. The van der Waals surface area contributed by atoms with Gasteiger partial charge in [-0.2, -0.15) is 0 Å². The lowest BCUT2D eigenvalue weighted by molar-refractivity contribution is -0.132. The maximum Gasteiger partial charge on any atom is 0.236 e. The van der Waals surface area contributed by atoms with Crippen molar-refractivity contribution in [3.63, 3.8) is 0 Å². The first kappa shape index (κ1) is 20.3. The molecule has 1 aliphatic heterocycles. The van der Waals surface area contributed by atoms with Crippen molar-refractivity contribution in [1.29, 1.82) is 0 Å². The third-order valence-corrected chi connectivity index (χ3v) is 3.19. The van der Waals surface area contributed by atoms with Gasteiger partial charge < -0.3 is 15.4 Å². The Morgan fingerprint density at radius 1 is 1.39 bits per heavy atom. The molecule has 2 N–H and O–H groups in total. The lowest BCUT2D eigenvalue weighted by Crippen LogP contribution is -2.56. The Morgan fingerprint density at radius 2 is 2.06 bits per heavy atom. The first-order chi connectivity index (χ1) is 7.72. The van der Waals surface area contributed by atoms with Gasteiger partial charge in [0.2, 0.25) is 5.91 Å². The van der Waals surface area contributed by atoms with Gasteiger partial charge in [-0.1, -0.05) is 6.92 Å². The molecule has 0 bridgehead atoms. The summed E-state index contributed by atoms with van der Waals surface area (Å²) in [4.78, 5) is 15.8. The Morgan fingerprint density at radius 3 is 2.56 bits per heavy atom. The molecule has 1 heterocycles. The zero-order chi connectivity index (χ0) is 12.0. The van der Waals surface area contributed by atoms with Crippen molar-refractivity contribution in [1.82, 2.24) is 9.80 Å².